The molecule has 1 aromatic heterocycles. The van der Waals surface area contributed by atoms with Gasteiger partial charge in [0.05, 0.1) is 23.3 Å². The molecule has 1 aliphatic heterocycles. The van der Waals surface area contributed by atoms with Crippen LogP contribution in [0.25, 0.3) is 10.8 Å². The number of nitrogens with one attached hydrogen (secondary N) is 2. The summed E-state index contributed by atoms with van der Waals surface area (Å²) in [6.45, 7) is 1.98. The summed E-state index contributed by atoms with van der Waals surface area (Å²) in [4.78, 5) is 2.45. The molecule has 28 heavy (non-hydrogen) atoms. The Morgan fingerprint density at radius 3 is 2.75 bits per heavy atom. The van der Waals surface area contributed by atoms with E-state index in [1.54, 1.807) is 18.0 Å². The molecule has 136 valence electrons. The molecule has 0 atom stereocenters. The molecule has 6 heteroatoms. The normalized spacial score (nSPS) is 12.8. The van der Waals surface area contributed by atoms with Crippen LogP contribution in [0.5, 0.6) is 0 Å². The van der Waals surface area contributed by atoms with Crippen molar-refractivity contribution in [3.63, 3.8) is 0 Å². The number of nitrogens with zero attached hydrogens (tertiary/aromatic N) is 3. The first-order valence-corrected chi connectivity index (χ1v) is 9.79. The largest absolute Gasteiger partial charge is 0.354 e. The van der Waals surface area contributed by atoms with E-state index in [9.17, 15) is 0 Å². The van der Waals surface area contributed by atoms with Crippen LogP contribution in [0.2, 0.25) is 0 Å². The van der Waals surface area contributed by atoms with Gasteiger partial charge in [0.25, 0.3) is 0 Å². The van der Waals surface area contributed by atoms with Gasteiger partial charge in [-0.1, -0.05) is 54.2 Å². The van der Waals surface area contributed by atoms with E-state index in [1.807, 2.05) is 37.3 Å². The van der Waals surface area contributed by atoms with Crippen molar-refractivity contribution in [1.82, 2.24) is 10.2 Å². The molecule has 0 saturated carbocycles. The third kappa shape index (κ3) is 3.08. The van der Waals surface area contributed by atoms with Gasteiger partial charge >= 0.3 is 0 Å². The standard InChI is InChI=1S/C22H17N5S/c1-14(25-27-22-17-7-3-2-6-16(17)13-23-26-22)15-10-11-21-19(12-15)24-18-8-4-5-9-20(18)28-21/h2-13,24H,1H3,(H,26,27)/b25-14+. The first kappa shape index (κ1) is 16.8. The second-order valence-electron chi connectivity index (χ2n) is 6.52. The molecule has 0 spiro atoms. The lowest BCUT2D eigenvalue weighted by Gasteiger charge is -2.21. The monoisotopic (exact) mass is 383 g/mol. The van der Waals surface area contributed by atoms with Crippen LogP contribution in [0.3, 0.4) is 0 Å². The van der Waals surface area contributed by atoms with E-state index in [0.29, 0.717) is 5.82 Å². The van der Waals surface area contributed by atoms with E-state index in [2.05, 4.69) is 62.4 Å². The van der Waals surface area contributed by atoms with Crippen LogP contribution in [-0.2, 0) is 0 Å². The number of para-hydroxylation sites is 1. The molecule has 0 saturated heterocycles. The first-order valence-electron chi connectivity index (χ1n) is 8.97. The van der Waals surface area contributed by atoms with E-state index in [1.165, 1.54) is 9.79 Å². The van der Waals surface area contributed by atoms with Crippen molar-refractivity contribution in [2.24, 2.45) is 5.10 Å². The van der Waals surface area contributed by atoms with E-state index < -0.39 is 0 Å². The topological polar surface area (TPSA) is 62.2 Å². The van der Waals surface area contributed by atoms with Crippen molar-refractivity contribution in [3.8, 4) is 0 Å². The number of rotatable bonds is 3. The lowest BCUT2D eigenvalue weighted by Crippen LogP contribution is -2.05. The molecule has 0 radical (unpaired) electrons. The van der Waals surface area contributed by atoms with E-state index >= 15 is 0 Å². The Morgan fingerprint density at radius 1 is 0.964 bits per heavy atom. The average molecular weight is 383 g/mol. The van der Waals surface area contributed by atoms with Gasteiger partial charge in [0, 0.05) is 20.6 Å². The fourth-order valence-corrected chi connectivity index (χ4v) is 4.14. The van der Waals surface area contributed by atoms with Crippen molar-refractivity contribution in [2.45, 2.75) is 16.7 Å². The molecule has 4 aromatic rings. The van der Waals surface area contributed by atoms with Crippen LogP contribution < -0.4 is 10.7 Å². The number of hydrogen-bond acceptors (Lipinski definition) is 6. The van der Waals surface area contributed by atoms with Crippen LogP contribution in [0.15, 0.2) is 87.8 Å². The van der Waals surface area contributed by atoms with Gasteiger partial charge in [0.2, 0.25) is 0 Å². The second-order valence-corrected chi connectivity index (χ2v) is 7.61. The number of aromatic nitrogens is 2. The quantitative estimate of drug-likeness (QED) is 0.310. The summed E-state index contributed by atoms with van der Waals surface area (Å²) < 4.78 is 0. The number of hydrogen-bond donors (Lipinski definition) is 2. The van der Waals surface area contributed by atoms with Gasteiger partial charge in [0.15, 0.2) is 5.82 Å². The summed E-state index contributed by atoms with van der Waals surface area (Å²) in [5, 5.41) is 18.3. The molecule has 3 aromatic carbocycles. The van der Waals surface area contributed by atoms with Gasteiger partial charge in [-0.05, 0) is 36.8 Å². The maximum Gasteiger partial charge on any atom is 0.176 e. The number of fused-ring (bicyclic) bond motifs is 3. The summed E-state index contributed by atoms with van der Waals surface area (Å²) in [5.41, 5.74) is 7.23. The summed E-state index contributed by atoms with van der Waals surface area (Å²) in [6.07, 6.45) is 1.75. The van der Waals surface area contributed by atoms with Gasteiger partial charge in [-0.2, -0.15) is 10.2 Å². The Labute approximate surface area is 166 Å². The predicted molar refractivity (Wildman–Crippen MR) is 116 cm³/mol. The van der Waals surface area contributed by atoms with Gasteiger partial charge in [-0.25, -0.2) is 0 Å². The third-order valence-corrected chi connectivity index (χ3v) is 5.83. The van der Waals surface area contributed by atoms with Crippen molar-refractivity contribution >= 4 is 45.4 Å². The van der Waals surface area contributed by atoms with Gasteiger partial charge in [-0.3, -0.25) is 5.43 Å². The molecule has 5 rings (SSSR count). The van der Waals surface area contributed by atoms with Crippen LogP contribution in [-0.4, -0.2) is 15.9 Å². The van der Waals surface area contributed by atoms with Crippen LogP contribution in [0.4, 0.5) is 17.2 Å². The van der Waals surface area contributed by atoms with Crippen molar-refractivity contribution in [3.05, 3.63) is 78.5 Å². The zero-order valence-corrected chi connectivity index (χ0v) is 16.0. The van der Waals surface area contributed by atoms with Crippen molar-refractivity contribution < 1.29 is 0 Å². The van der Waals surface area contributed by atoms with Crippen LogP contribution in [0, 0.1) is 0 Å². The number of hydrazone groups is 1. The molecule has 0 aliphatic carbocycles. The van der Waals surface area contributed by atoms with E-state index in [0.717, 1.165) is 33.4 Å². The molecule has 0 unspecified atom stereocenters. The first-order chi connectivity index (χ1) is 13.8. The maximum atomic E-state index is 4.54. The summed E-state index contributed by atoms with van der Waals surface area (Å²) >= 11 is 1.78. The third-order valence-electron chi connectivity index (χ3n) is 4.67. The molecular formula is C22H17N5S. The summed E-state index contributed by atoms with van der Waals surface area (Å²) in [7, 11) is 0. The summed E-state index contributed by atoms with van der Waals surface area (Å²) in [5.74, 6) is 0.651. The minimum absolute atomic E-state index is 0.651. The van der Waals surface area contributed by atoms with Gasteiger partial charge < -0.3 is 5.32 Å². The molecule has 0 fully saturated rings. The van der Waals surface area contributed by atoms with Crippen LogP contribution in [0.1, 0.15) is 12.5 Å². The SMILES string of the molecule is C/C(=N\Nc1nncc2ccccc12)c1ccc2c(c1)Nc1ccccc1S2. The molecule has 0 bridgehead atoms. The fraction of sp³-hybridized carbons (Fsp3) is 0.0455. The fourth-order valence-electron chi connectivity index (χ4n) is 3.18. The molecule has 5 nitrogen and oxygen atoms in total. The maximum absolute atomic E-state index is 4.54. The zero-order valence-electron chi connectivity index (χ0n) is 15.2. The number of benzene rings is 3. The Bertz CT molecular complexity index is 1210. The Hall–Kier alpha value is -3.38. The number of anilines is 3. The van der Waals surface area contributed by atoms with Crippen LogP contribution >= 0.6 is 11.8 Å². The van der Waals surface area contributed by atoms with Crippen molar-refractivity contribution in [1.29, 1.82) is 0 Å². The molecule has 0 amide bonds. The highest BCUT2D eigenvalue weighted by Crippen LogP contribution is 2.44. The minimum Gasteiger partial charge on any atom is -0.354 e. The van der Waals surface area contributed by atoms with Crippen molar-refractivity contribution in [2.75, 3.05) is 10.7 Å². The second kappa shape index (κ2) is 6.98. The lowest BCUT2D eigenvalue weighted by molar-refractivity contribution is 1.04. The highest BCUT2D eigenvalue weighted by Gasteiger charge is 2.15. The molecular weight excluding hydrogens is 366 g/mol. The predicted octanol–water partition coefficient (Wildman–Crippen LogP) is 5.67. The minimum atomic E-state index is 0.651. The lowest BCUT2D eigenvalue weighted by atomic mass is 10.1. The molecule has 1 aliphatic rings. The summed E-state index contributed by atoms with van der Waals surface area (Å²) in [6, 6.07) is 22.7. The zero-order chi connectivity index (χ0) is 18.9. The molecule has 2 heterocycles. The average Bonchev–Trinajstić information content (AvgIpc) is 2.75. The van der Waals surface area contributed by atoms with Gasteiger partial charge in [0.1, 0.15) is 0 Å². The van der Waals surface area contributed by atoms with E-state index in [4.69, 9.17) is 0 Å². The Kier molecular flexibility index (Phi) is 4.18. The Balaban J connectivity index is 1.42. The van der Waals surface area contributed by atoms with E-state index in [-0.39, 0.29) is 0 Å². The smallest absolute Gasteiger partial charge is 0.176 e. The highest BCUT2D eigenvalue weighted by molar-refractivity contribution is 7.99. The van der Waals surface area contributed by atoms with Gasteiger partial charge in [-0.15, -0.1) is 5.10 Å². The Morgan fingerprint density at radius 2 is 1.79 bits per heavy atom. The molecule has 2 N–H and O–H groups in total. The highest BCUT2D eigenvalue weighted by atomic mass is 32.2.